The van der Waals surface area contributed by atoms with Crippen LogP contribution in [0.25, 0.3) is 0 Å². The monoisotopic (exact) mass is 313 g/mol. The van der Waals surface area contributed by atoms with Gasteiger partial charge in [-0.3, -0.25) is 4.79 Å². The highest BCUT2D eigenvalue weighted by Crippen LogP contribution is 2.15. The van der Waals surface area contributed by atoms with Gasteiger partial charge < -0.3 is 14.8 Å². The molecule has 0 radical (unpaired) electrons. The highest BCUT2D eigenvalue weighted by Gasteiger charge is 2.19. The summed E-state index contributed by atoms with van der Waals surface area (Å²) in [5, 5.41) is 2.69. The van der Waals surface area contributed by atoms with Crippen molar-refractivity contribution >= 4 is 17.6 Å². The van der Waals surface area contributed by atoms with Crippen LogP contribution in [0.4, 0.5) is 5.69 Å². The zero-order valence-electron chi connectivity index (χ0n) is 13.3. The maximum atomic E-state index is 12.1. The van der Waals surface area contributed by atoms with Gasteiger partial charge in [0.05, 0.1) is 12.7 Å². The van der Waals surface area contributed by atoms with Gasteiger partial charge in [0.15, 0.2) is 6.10 Å². The average Bonchev–Trinajstić information content (AvgIpc) is 2.55. The molecule has 0 saturated carbocycles. The molecule has 1 unspecified atom stereocenters. The Morgan fingerprint density at radius 1 is 1.09 bits per heavy atom. The van der Waals surface area contributed by atoms with Crippen LogP contribution >= 0.6 is 0 Å². The molecule has 1 N–H and O–H groups in total. The topological polar surface area (TPSA) is 64.6 Å². The van der Waals surface area contributed by atoms with E-state index in [0.717, 1.165) is 5.56 Å². The van der Waals surface area contributed by atoms with Crippen molar-refractivity contribution < 1.29 is 19.1 Å². The minimum atomic E-state index is -0.898. The number of carbonyl (C=O) groups excluding carboxylic acids is 2. The van der Waals surface area contributed by atoms with Gasteiger partial charge in [-0.25, -0.2) is 4.79 Å². The standard InChI is InChI=1S/C18H19NO4/c1-12-5-4-6-14(11-12)18(21)23-13(2)17(20)19-15-7-9-16(22-3)10-8-15/h4-11,13H,1-3H3,(H,19,20). The van der Waals surface area contributed by atoms with Crippen LogP contribution in [0.3, 0.4) is 0 Å². The number of esters is 1. The van der Waals surface area contributed by atoms with E-state index in [2.05, 4.69) is 5.32 Å². The van der Waals surface area contributed by atoms with Gasteiger partial charge in [0.2, 0.25) is 0 Å². The van der Waals surface area contributed by atoms with Gasteiger partial charge in [-0.05, 0) is 50.2 Å². The lowest BCUT2D eigenvalue weighted by atomic mass is 10.1. The number of carbonyl (C=O) groups is 2. The number of hydrogen-bond donors (Lipinski definition) is 1. The van der Waals surface area contributed by atoms with Crippen molar-refractivity contribution in [3.8, 4) is 5.75 Å². The van der Waals surface area contributed by atoms with E-state index >= 15 is 0 Å². The number of aryl methyl sites for hydroxylation is 1. The SMILES string of the molecule is COc1ccc(NC(=O)C(C)OC(=O)c2cccc(C)c2)cc1. The minimum Gasteiger partial charge on any atom is -0.497 e. The van der Waals surface area contributed by atoms with E-state index in [-0.39, 0.29) is 0 Å². The molecule has 23 heavy (non-hydrogen) atoms. The number of hydrogen-bond acceptors (Lipinski definition) is 4. The molecule has 2 aromatic carbocycles. The molecule has 2 aromatic rings. The summed E-state index contributed by atoms with van der Waals surface area (Å²) < 4.78 is 10.2. The van der Waals surface area contributed by atoms with Crippen LogP contribution in [0.2, 0.25) is 0 Å². The molecule has 0 bridgehead atoms. The molecule has 5 heteroatoms. The van der Waals surface area contributed by atoms with Gasteiger partial charge >= 0.3 is 5.97 Å². The first-order valence-corrected chi connectivity index (χ1v) is 7.22. The van der Waals surface area contributed by atoms with Gasteiger partial charge in [0.1, 0.15) is 5.75 Å². The number of rotatable bonds is 5. The number of anilines is 1. The molecule has 0 aliphatic heterocycles. The molecule has 0 saturated heterocycles. The van der Waals surface area contributed by atoms with Crippen LogP contribution < -0.4 is 10.1 Å². The quantitative estimate of drug-likeness (QED) is 0.861. The third kappa shape index (κ3) is 4.57. The summed E-state index contributed by atoms with van der Waals surface area (Å²) in [5.74, 6) is -0.218. The summed E-state index contributed by atoms with van der Waals surface area (Å²) in [6, 6.07) is 13.9. The van der Waals surface area contributed by atoms with Gasteiger partial charge in [-0.2, -0.15) is 0 Å². The first-order chi connectivity index (χ1) is 11.0. The Bertz CT molecular complexity index is 694. The fourth-order valence-corrected chi connectivity index (χ4v) is 1.97. The lowest BCUT2D eigenvalue weighted by Gasteiger charge is -2.14. The summed E-state index contributed by atoms with van der Waals surface area (Å²) in [6.45, 7) is 3.42. The zero-order valence-corrected chi connectivity index (χ0v) is 13.3. The summed E-state index contributed by atoms with van der Waals surface area (Å²) in [5.41, 5.74) is 1.98. The maximum Gasteiger partial charge on any atom is 0.338 e. The third-order valence-electron chi connectivity index (χ3n) is 3.26. The molecule has 0 spiro atoms. The second kappa shape index (κ2) is 7.45. The fourth-order valence-electron chi connectivity index (χ4n) is 1.97. The van der Waals surface area contributed by atoms with Crippen LogP contribution in [0, 0.1) is 6.92 Å². The first-order valence-electron chi connectivity index (χ1n) is 7.22. The van der Waals surface area contributed by atoms with E-state index in [1.54, 1.807) is 49.6 Å². The van der Waals surface area contributed by atoms with Gasteiger partial charge in [0, 0.05) is 5.69 Å². The van der Waals surface area contributed by atoms with E-state index in [0.29, 0.717) is 17.0 Å². The van der Waals surface area contributed by atoms with Crippen molar-refractivity contribution in [1.82, 2.24) is 0 Å². The van der Waals surface area contributed by atoms with Crippen LogP contribution in [-0.4, -0.2) is 25.1 Å². The van der Waals surface area contributed by atoms with Crippen molar-refractivity contribution in [3.05, 3.63) is 59.7 Å². The van der Waals surface area contributed by atoms with Gasteiger partial charge in [-0.1, -0.05) is 17.7 Å². The van der Waals surface area contributed by atoms with E-state index in [9.17, 15) is 9.59 Å². The predicted octanol–water partition coefficient (Wildman–Crippen LogP) is 3.19. The highest BCUT2D eigenvalue weighted by atomic mass is 16.5. The first kappa shape index (κ1) is 16.5. The molecule has 0 aliphatic carbocycles. The number of ether oxygens (including phenoxy) is 2. The number of benzene rings is 2. The summed E-state index contributed by atoms with van der Waals surface area (Å²) in [6.07, 6.45) is -0.898. The van der Waals surface area contributed by atoms with E-state index in [1.807, 2.05) is 13.0 Å². The molecule has 2 rings (SSSR count). The summed E-state index contributed by atoms with van der Waals surface area (Å²) in [4.78, 5) is 24.1. The Balaban J connectivity index is 1.95. The Morgan fingerprint density at radius 2 is 1.78 bits per heavy atom. The van der Waals surface area contributed by atoms with Crippen LogP contribution in [0.5, 0.6) is 5.75 Å². The smallest absolute Gasteiger partial charge is 0.338 e. The molecule has 1 atom stereocenters. The third-order valence-corrected chi connectivity index (χ3v) is 3.26. The number of amides is 1. The van der Waals surface area contributed by atoms with Crippen LogP contribution in [-0.2, 0) is 9.53 Å². The summed E-state index contributed by atoms with van der Waals surface area (Å²) >= 11 is 0. The van der Waals surface area contributed by atoms with E-state index < -0.39 is 18.0 Å². The van der Waals surface area contributed by atoms with Crippen molar-refractivity contribution in [3.63, 3.8) is 0 Å². The van der Waals surface area contributed by atoms with Gasteiger partial charge in [0.25, 0.3) is 5.91 Å². The molecule has 0 heterocycles. The second-order valence-corrected chi connectivity index (χ2v) is 5.13. The molecule has 0 aromatic heterocycles. The Morgan fingerprint density at radius 3 is 2.39 bits per heavy atom. The molecule has 1 amide bonds. The van der Waals surface area contributed by atoms with Crippen molar-refractivity contribution in [2.45, 2.75) is 20.0 Å². The van der Waals surface area contributed by atoms with Gasteiger partial charge in [-0.15, -0.1) is 0 Å². The largest absolute Gasteiger partial charge is 0.497 e. The normalized spacial score (nSPS) is 11.4. The fraction of sp³-hybridized carbons (Fsp3) is 0.222. The molecule has 120 valence electrons. The Hall–Kier alpha value is -2.82. The highest BCUT2D eigenvalue weighted by molar-refractivity contribution is 5.97. The molecule has 0 aliphatic rings. The average molecular weight is 313 g/mol. The van der Waals surface area contributed by atoms with Crippen LogP contribution in [0.15, 0.2) is 48.5 Å². The predicted molar refractivity (Wildman–Crippen MR) is 87.7 cm³/mol. The summed E-state index contributed by atoms with van der Waals surface area (Å²) in [7, 11) is 1.57. The minimum absolute atomic E-state index is 0.392. The van der Waals surface area contributed by atoms with Crippen molar-refractivity contribution in [1.29, 1.82) is 0 Å². The van der Waals surface area contributed by atoms with E-state index in [4.69, 9.17) is 9.47 Å². The Kier molecular flexibility index (Phi) is 5.36. The van der Waals surface area contributed by atoms with E-state index in [1.165, 1.54) is 6.92 Å². The number of nitrogens with one attached hydrogen (secondary N) is 1. The molecular weight excluding hydrogens is 294 g/mol. The lowest BCUT2D eigenvalue weighted by molar-refractivity contribution is -0.123. The van der Waals surface area contributed by atoms with Crippen molar-refractivity contribution in [2.24, 2.45) is 0 Å². The van der Waals surface area contributed by atoms with Crippen LogP contribution in [0.1, 0.15) is 22.8 Å². The van der Waals surface area contributed by atoms with Crippen molar-refractivity contribution in [2.75, 3.05) is 12.4 Å². The lowest BCUT2D eigenvalue weighted by Crippen LogP contribution is -2.30. The maximum absolute atomic E-state index is 12.1. The Labute approximate surface area is 135 Å². The molecule has 5 nitrogen and oxygen atoms in total. The molecule has 0 fully saturated rings. The second-order valence-electron chi connectivity index (χ2n) is 5.13. The number of methoxy groups -OCH3 is 1. The zero-order chi connectivity index (χ0) is 16.8. The molecular formula is C18H19NO4.